The minimum absolute atomic E-state index is 0.0441. The summed E-state index contributed by atoms with van der Waals surface area (Å²) in [5, 5.41) is 3.46. The van der Waals surface area contributed by atoms with E-state index in [0.717, 1.165) is 12.0 Å². The summed E-state index contributed by atoms with van der Waals surface area (Å²) in [5.41, 5.74) is 8.53. The molecular formula is C14H15Cl2NS. The lowest BCUT2D eigenvalue weighted by molar-refractivity contribution is 0.728. The van der Waals surface area contributed by atoms with Crippen molar-refractivity contribution in [2.24, 2.45) is 5.73 Å². The van der Waals surface area contributed by atoms with Crippen LogP contribution in [0.2, 0.25) is 10.0 Å². The van der Waals surface area contributed by atoms with Crippen LogP contribution < -0.4 is 5.73 Å². The van der Waals surface area contributed by atoms with E-state index >= 15 is 0 Å². The highest BCUT2D eigenvalue weighted by atomic mass is 35.5. The summed E-state index contributed by atoms with van der Waals surface area (Å²) in [6, 6.07) is 7.64. The molecule has 4 heteroatoms. The molecule has 1 atom stereocenters. The first-order valence-corrected chi connectivity index (χ1v) is 7.51. The van der Waals surface area contributed by atoms with E-state index in [4.69, 9.17) is 28.9 Å². The first-order chi connectivity index (χ1) is 8.63. The zero-order valence-electron chi connectivity index (χ0n) is 10.1. The minimum Gasteiger partial charge on any atom is -0.323 e. The smallest absolute Gasteiger partial charge is 0.0453 e. The van der Waals surface area contributed by atoms with Gasteiger partial charge in [0, 0.05) is 21.0 Å². The lowest BCUT2D eigenvalue weighted by Gasteiger charge is -2.14. The number of rotatable bonds is 4. The molecule has 1 unspecified atom stereocenters. The second-order valence-corrected chi connectivity index (χ2v) is 5.94. The van der Waals surface area contributed by atoms with E-state index in [-0.39, 0.29) is 6.04 Å². The normalized spacial score (nSPS) is 12.7. The van der Waals surface area contributed by atoms with E-state index in [1.807, 2.05) is 18.2 Å². The van der Waals surface area contributed by atoms with E-state index in [9.17, 15) is 0 Å². The van der Waals surface area contributed by atoms with Gasteiger partial charge in [-0.05, 0) is 47.5 Å². The Hall–Kier alpha value is -0.540. The highest BCUT2D eigenvalue weighted by molar-refractivity contribution is 7.10. The molecule has 2 aromatic rings. The maximum absolute atomic E-state index is 6.28. The van der Waals surface area contributed by atoms with Crippen LogP contribution in [0, 0.1) is 0 Å². The van der Waals surface area contributed by atoms with Crippen LogP contribution in [0.1, 0.15) is 29.0 Å². The Morgan fingerprint density at radius 2 is 1.89 bits per heavy atom. The van der Waals surface area contributed by atoms with Gasteiger partial charge in [0.2, 0.25) is 0 Å². The molecule has 96 valence electrons. The first-order valence-electron chi connectivity index (χ1n) is 5.88. The van der Waals surface area contributed by atoms with Gasteiger partial charge >= 0.3 is 0 Å². The molecule has 0 aliphatic carbocycles. The van der Waals surface area contributed by atoms with Gasteiger partial charge < -0.3 is 5.73 Å². The Morgan fingerprint density at radius 1 is 1.22 bits per heavy atom. The predicted molar refractivity (Wildman–Crippen MR) is 80.8 cm³/mol. The Kier molecular flexibility index (Phi) is 4.68. The highest BCUT2D eigenvalue weighted by Gasteiger charge is 2.15. The number of aryl methyl sites for hydroxylation is 1. The van der Waals surface area contributed by atoms with Crippen molar-refractivity contribution in [1.82, 2.24) is 0 Å². The zero-order valence-corrected chi connectivity index (χ0v) is 12.4. The van der Waals surface area contributed by atoms with E-state index in [1.54, 1.807) is 11.3 Å². The molecule has 0 aliphatic rings. The fraction of sp³-hybridized carbons (Fsp3) is 0.286. The minimum atomic E-state index is -0.0441. The average molecular weight is 300 g/mol. The topological polar surface area (TPSA) is 26.0 Å². The second-order valence-electron chi connectivity index (χ2n) is 4.17. The molecule has 0 bridgehead atoms. The Morgan fingerprint density at radius 3 is 2.50 bits per heavy atom. The van der Waals surface area contributed by atoms with Crippen LogP contribution >= 0.6 is 34.5 Å². The fourth-order valence-corrected chi connectivity index (χ4v) is 3.56. The van der Waals surface area contributed by atoms with Gasteiger partial charge in [-0.15, -0.1) is 11.3 Å². The third-order valence-electron chi connectivity index (χ3n) is 2.98. The Bertz CT molecular complexity index is 516. The Labute approximate surface area is 122 Å². The highest BCUT2D eigenvalue weighted by Crippen LogP contribution is 2.31. The summed E-state index contributed by atoms with van der Waals surface area (Å²) in [6.45, 7) is 2.14. The number of hydrogen-bond acceptors (Lipinski definition) is 2. The van der Waals surface area contributed by atoms with E-state index in [0.29, 0.717) is 16.5 Å². The van der Waals surface area contributed by atoms with Crippen molar-refractivity contribution in [3.63, 3.8) is 0 Å². The summed E-state index contributed by atoms with van der Waals surface area (Å²) in [6.07, 6.45) is 1.68. The summed E-state index contributed by atoms with van der Waals surface area (Å²) < 4.78 is 0. The maximum atomic E-state index is 6.28. The predicted octanol–water partition coefficient (Wildman–Crippen LogP) is 4.86. The lowest BCUT2D eigenvalue weighted by Crippen LogP contribution is -2.14. The van der Waals surface area contributed by atoms with Gasteiger partial charge in [-0.3, -0.25) is 0 Å². The molecule has 0 radical (unpaired) electrons. The van der Waals surface area contributed by atoms with Gasteiger partial charge in [0.25, 0.3) is 0 Å². The maximum Gasteiger partial charge on any atom is 0.0453 e. The lowest BCUT2D eigenvalue weighted by atomic mass is 10.0. The largest absolute Gasteiger partial charge is 0.323 e. The number of hydrogen-bond donors (Lipinski definition) is 1. The van der Waals surface area contributed by atoms with Gasteiger partial charge in [-0.1, -0.05) is 36.2 Å². The zero-order chi connectivity index (χ0) is 13.1. The summed E-state index contributed by atoms with van der Waals surface area (Å²) in [5.74, 6) is 0. The third kappa shape index (κ3) is 2.89. The molecule has 0 spiro atoms. The molecule has 0 amide bonds. The van der Waals surface area contributed by atoms with Crippen LogP contribution in [-0.2, 0) is 12.8 Å². The average Bonchev–Trinajstić information content (AvgIpc) is 2.82. The molecule has 0 aliphatic heterocycles. The third-order valence-corrected chi connectivity index (χ3v) is 4.78. The van der Waals surface area contributed by atoms with Crippen molar-refractivity contribution in [1.29, 1.82) is 0 Å². The summed E-state index contributed by atoms with van der Waals surface area (Å²) in [4.78, 5) is 1.23. The number of benzene rings is 1. The summed E-state index contributed by atoms with van der Waals surface area (Å²) >= 11 is 14.0. The molecule has 1 heterocycles. The van der Waals surface area contributed by atoms with Gasteiger partial charge in [0.15, 0.2) is 0 Å². The standard InChI is InChI=1S/C14H15Cl2NS/c1-2-9-6-7-18-14(9)13(17)8-10-11(15)4-3-5-12(10)16/h3-7,13H,2,8,17H2,1H3. The van der Waals surface area contributed by atoms with Gasteiger partial charge in [-0.25, -0.2) is 0 Å². The van der Waals surface area contributed by atoms with Crippen molar-refractivity contribution >= 4 is 34.5 Å². The molecule has 2 rings (SSSR count). The van der Waals surface area contributed by atoms with Crippen LogP contribution in [0.25, 0.3) is 0 Å². The van der Waals surface area contributed by atoms with Crippen LogP contribution in [0.15, 0.2) is 29.6 Å². The van der Waals surface area contributed by atoms with Gasteiger partial charge in [0.1, 0.15) is 0 Å². The molecule has 1 nitrogen and oxygen atoms in total. The molecule has 0 fully saturated rings. The van der Waals surface area contributed by atoms with Crippen molar-refractivity contribution in [2.45, 2.75) is 25.8 Å². The van der Waals surface area contributed by atoms with E-state index in [2.05, 4.69) is 18.4 Å². The Balaban J connectivity index is 2.24. The summed E-state index contributed by atoms with van der Waals surface area (Å²) in [7, 11) is 0. The monoisotopic (exact) mass is 299 g/mol. The molecule has 18 heavy (non-hydrogen) atoms. The van der Waals surface area contributed by atoms with Crippen molar-refractivity contribution < 1.29 is 0 Å². The fourth-order valence-electron chi connectivity index (χ4n) is 2.00. The number of halogens is 2. The van der Waals surface area contributed by atoms with E-state index in [1.165, 1.54) is 10.4 Å². The molecule has 1 aromatic heterocycles. The van der Waals surface area contributed by atoms with Crippen LogP contribution in [-0.4, -0.2) is 0 Å². The number of thiophene rings is 1. The first kappa shape index (κ1) is 13.9. The van der Waals surface area contributed by atoms with Crippen molar-refractivity contribution in [2.75, 3.05) is 0 Å². The second kappa shape index (κ2) is 6.07. The van der Waals surface area contributed by atoms with Gasteiger partial charge in [0.05, 0.1) is 0 Å². The molecule has 2 N–H and O–H groups in total. The molecular weight excluding hydrogens is 285 g/mol. The van der Waals surface area contributed by atoms with Crippen LogP contribution in [0.5, 0.6) is 0 Å². The molecule has 0 saturated heterocycles. The quantitative estimate of drug-likeness (QED) is 0.857. The van der Waals surface area contributed by atoms with Crippen LogP contribution in [0.3, 0.4) is 0 Å². The molecule has 1 aromatic carbocycles. The van der Waals surface area contributed by atoms with Gasteiger partial charge in [-0.2, -0.15) is 0 Å². The van der Waals surface area contributed by atoms with Crippen molar-refractivity contribution in [3.05, 3.63) is 55.7 Å². The number of nitrogens with two attached hydrogens (primary N) is 1. The SMILES string of the molecule is CCc1ccsc1C(N)Cc1c(Cl)cccc1Cl. The van der Waals surface area contributed by atoms with E-state index < -0.39 is 0 Å². The van der Waals surface area contributed by atoms with Crippen LogP contribution in [0.4, 0.5) is 0 Å². The molecule has 0 saturated carbocycles. The van der Waals surface area contributed by atoms with Crippen molar-refractivity contribution in [3.8, 4) is 0 Å².